The van der Waals surface area contributed by atoms with Crippen LogP contribution in [-0.4, -0.2) is 73.0 Å². The van der Waals surface area contributed by atoms with Gasteiger partial charge in [-0.1, -0.05) is 92.5 Å². The van der Waals surface area contributed by atoms with E-state index in [9.17, 15) is 14.4 Å². The average Bonchev–Trinajstić information content (AvgIpc) is 3.82. The first kappa shape index (κ1) is 48.3. The van der Waals surface area contributed by atoms with Crippen LogP contribution < -0.4 is 14.8 Å². The van der Waals surface area contributed by atoms with Gasteiger partial charge in [-0.2, -0.15) is 10.2 Å². The number of piperidine rings is 1. The molecule has 6 aromatic rings. The summed E-state index contributed by atoms with van der Waals surface area (Å²) in [6, 6.07) is 35.0. The van der Waals surface area contributed by atoms with Gasteiger partial charge in [-0.05, 0) is 107 Å². The summed E-state index contributed by atoms with van der Waals surface area (Å²) in [5.74, 6) is 1.10. The topological polar surface area (TPSA) is 159 Å². The number of nitrogens with zero attached hydrogens (tertiary/aromatic N) is 5. The monoisotopic (exact) mass is 1010 g/mol. The number of benzene rings is 4. The number of likely N-dealkylation sites (tertiary alicyclic amines) is 1. The van der Waals surface area contributed by atoms with E-state index in [1.165, 1.54) is 0 Å². The highest BCUT2D eigenvalue weighted by Crippen LogP contribution is 2.28. The minimum absolute atomic E-state index is 0.0410. The molecule has 0 unspecified atom stereocenters. The van der Waals surface area contributed by atoms with E-state index in [2.05, 4.69) is 47.4 Å². The molecule has 0 bridgehead atoms. The summed E-state index contributed by atoms with van der Waals surface area (Å²) in [5, 5.41) is 20.5. The molecule has 1 fully saturated rings. The van der Waals surface area contributed by atoms with E-state index < -0.39 is 17.7 Å². The molecular formula is C49H54Br2N6O8. The van der Waals surface area contributed by atoms with Crippen LogP contribution in [0.1, 0.15) is 77.7 Å². The summed E-state index contributed by atoms with van der Waals surface area (Å²) in [4.78, 5) is 37.5. The molecule has 0 saturated carbocycles. The van der Waals surface area contributed by atoms with Crippen molar-refractivity contribution in [1.29, 1.82) is 0 Å². The standard InChI is InChI=1S/C30H37BrN4O5.C19H17BrN2O3/c1-21-16-27(32-28(36)39-20-23-12-14-34(15-13-23)29(37)40-30(2,3)4)33-35(21)18-24-17-25(31)10-11-26(24)38-19-22-8-6-5-7-9-22;1-13-9-17(19(23)24)21-22(13)11-15-10-16(20)7-8-18(15)25-12-14-5-3-2-4-6-14/h5-11,16-17,23H,12-15,18-20H2,1-4H3,(H,32,33,36);2-10H,11-12H2,1H3,(H,23,24). The van der Waals surface area contributed by atoms with Crippen LogP contribution in [0.5, 0.6) is 11.5 Å². The number of nitrogens with one attached hydrogen (secondary N) is 1. The van der Waals surface area contributed by atoms with Gasteiger partial charge in [0.25, 0.3) is 0 Å². The summed E-state index contributed by atoms with van der Waals surface area (Å²) in [6.07, 6.45) is 0.658. The number of rotatable bonds is 14. The highest BCUT2D eigenvalue weighted by molar-refractivity contribution is 9.10. The van der Waals surface area contributed by atoms with Gasteiger partial charge >= 0.3 is 18.2 Å². The Bertz CT molecular complexity index is 2530. The second kappa shape index (κ2) is 22.7. The van der Waals surface area contributed by atoms with Crippen molar-refractivity contribution in [2.24, 2.45) is 5.92 Å². The zero-order valence-corrected chi connectivity index (χ0v) is 40.3. The van der Waals surface area contributed by atoms with Crippen molar-refractivity contribution in [3.63, 3.8) is 0 Å². The number of hydrogen-bond acceptors (Lipinski definition) is 9. The quantitative estimate of drug-likeness (QED) is 0.108. The second-order valence-corrected chi connectivity index (χ2v) is 18.5. The third kappa shape index (κ3) is 15.0. The Balaban J connectivity index is 0.000000239. The Kier molecular flexibility index (Phi) is 16.9. The number of ether oxygens (including phenoxy) is 4. The van der Waals surface area contributed by atoms with Crippen molar-refractivity contribution in [1.82, 2.24) is 24.5 Å². The number of halogens is 2. The maximum atomic E-state index is 12.5. The van der Waals surface area contributed by atoms with Gasteiger partial charge in [0, 0.05) is 50.6 Å². The molecule has 3 heterocycles. The molecule has 16 heteroatoms. The van der Waals surface area contributed by atoms with Crippen molar-refractivity contribution in [3.8, 4) is 11.5 Å². The molecule has 14 nitrogen and oxygen atoms in total. The predicted molar refractivity (Wildman–Crippen MR) is 254 cm³/mol. The molecule has 2 amide bonds. The number of amides is 2. The Morgan fingerprint density at radius 2 is 1.23 bits per heavy atom. The minimum Gasteiger partial charge on any atom is -0.489 e. The molecule has 342 valence electrons. The van der Waals surface area contributed by atoms with Gasteiger partial charge in [0.2, 0.25) is 0 Å². The molecule has 1 aliphatic rings. The van der Waals surface area contributed by atoms with Gasteiger partial charge in [0.1, 0.15) is 30.3 Å². The lowest BCUT2D eigenvalue weighted by atomic mass is 9.98. The van der Waals surface area contributed by atoms with E-state index in [1.54, 1.807) is 15.6 Å². The van der Waals surface area contributed by atoms with Crippen LogP contribution in [0, 0.1) is 19.8 Å². The maximum Gasteiger partial charge on any atom is 0.412 e. The number of aromatic nitrogens is 4. The van der Waals surface area contributed by atoms with E-state index in [1.807, 2.05) is 142 Å². The van der Waals surface area contributed by atoms with Crippen LogP contribution in [0.15, 0.2) is 118 Å². The first-order chi connectivity index (χ1) is 31.1. The normalized spacial score (nSPS) is 12.8. The summed E-state index contributed by atoms with van der Waals surface area (Å²) in [6.45, 7) is 12.6. The number of carbonyl (C=O) groups excluding carboxylic acids is 2. The van der Waals surface area contributed by atoms with E-state index in [-0.39, 0.29) is 24.3 Å². The van der Waals surface area contributed by atoms with Crippen LogP contribution in [0.3, 0.4) is 0 Å². The number of aromatic carboxylic acids is 1. The van der Waals surface area contributed by atoms with Crippen LogP contribution in [0.2, 0.25) is 0 Å². The molecule has 0 aliphatic carbocycles. The summed E-state index contributed by atoms with van der Waals surface area (Å²) in [7, 11) is 0. The largest absolute Gasteiger partial charge is 0.489 e. The molecule has 0 radical (unpaired) electrons. The van der Waals surface area contributed by atoms with Crippen molar-refractivity contribution in [2.75, 3.05) is 25.0 Å². The van der Waals surface area contributed by atoms with Crippen molar-refractivity contribution < 1.29 is 38.4 Å². The Labute approximate surface area is 396 Å². The van der Waals surface area contributed by atoms with Gasteiger partial charge in [-0.3, -0.25) is 14.7 Å². The SMILES string of the molecule is Cc1cc(C(=O)O)nn1Cc1cc(Br)ccc1OCc1ccccc1.Cc1cc(NC(=O)OCC2CCN(C(=O)OC(C)(C)C)CC2)nn1Cc1cc(Br)ccc1OCc1ccccc1. The Morgan fingerprint density at radius 3 is 1.72 bits per heavy atom. The van der Waals surface area contributed by atoms with E-state index in [0.29, 0.717) is 45.2 Å². The molecule has 7 rings (SSSR count). The number of carboxylic acid groups (broad SMARTS) is 1. The van der Waals surface area contributed by atoms with Crippen LogP contribution in [0.4, 0.5) is 15.4 Å². The van der Waals surface area contributed by atoms with Gasteiger partial charge in [0.05, 0.1) is 19.7 Å². The summed E-state index contributed by atoms with van der Waals surface area (Å²) in [5.41, 5.74) is 5.25. The smallest absolute Gasteiger partial charge is 0.412 e. The zero-order chi connectivity index (χ0) is 46.5. The molecule has 4 aromatic carbocycles. The van der Waals surface area contributed by atoms with Crippen LogP contribution >= 0.6 is 31.9 Å². The van der Waals surface area contributed by atoms with Crippen molar-refractivity contribution in [3.05, 3.63) is 157 Å². The zero-order valence-electron chi connectivity index (χ0n) is 37.1. The molecule has 2 N–H and O–H groups in total. The first-order valence-corrected chi connectivity index (χ1v) is 22.8. The molecule has 65 heavy (non-hydrogen) atoms. The number of anilines is 1. The molecule has 0 spiro atoms. The number of carbonyl (C=O) groups is 3. The lowest BCUT2D eigenvalue weighted by Crippen LogP contribution is -2.42. The summed E-state index contributed by atoms with van der Waals surface area (Å²) >= 11 is 7.02. The highest BCUT2D eigenvalue weighted by Gasteiger charge is 2.27. The van der Waals surface area contributed by atoms with Crippen molar-refractivity contribution >= 4 is 55.8 Å². The van der Waals surface area contributed by atoms with Crippen LogP contribution in [-0.2, 0) is 35.8 Å². The second-order valence-electron chi connectivity index (χ2n) is 16.6. The molecule has 2 aromatic heterocycles. The van der Waals surface area contributed by atoms with E-state index >= 15 is 0 Å². The number of carboxylic acids is 1. The molecular weight excluding hydrogens is 960 g/mol. The lowest BCUT2D eigenvalue weighted by Gasteiger charge is -2.33. The highest BCUT2D eigenvalue weighted by atomic mass is 79.9. The Morgan fingerprint density at radius 1 is 0.723 bits per heavy atom. The van der Waals surface area contributed by atoms with Gasteiger partial charge in [-0.15, -0.1) is 0 Å². The third-order valence-electron chi connectivity index (χ3n) is 10.3. The van der Waals surface area contributed by atoms with Crippen LogP contribution in [0.25, 0.3) is 0 Å². The fourth-order valence-corrected chi connectivity index (χ4v) is 7.68. The van der Waals surface area contributed by atoms with Gasteiger partial charge in [0.15, 0.2) is 11.5 Å². The third-order valence-corrected chi connectivity index (χ3v) is 11.3. The first-order valence-electron chi connectivity index (χ1n) is 21.2. The van der Waals surface area contributed by atoms with E-state index in [0.717, 1.165) is 66.9 Å². The van der Waals surface area contributed by atoms with Crippen molar-refractivity contribution in [2.45, 2.75) is 79.4 Å². The Hall–Kier alpha value is -6.13. The minimum atomic E-state index is -1.03. The number of aryl methyl sites for hydroxylation is 2. The van der Waals surface area contributed by atoms with Gasteiger partial charge < -0.3 is 29.0 Å². The van der Waals surface area contributed by atoms with E-state index in [4.69, 9.17) is 24.1 Å². The fraction of sp³-hybridized carbons (Fsp3) is 0.327. The lowest BCUT2D eigenvalue weighted by molar-refractivity contribution is 0.0152. The fourth-order valence-electron chi connectivity index (χ4n) is 6.87. The molecule has 0 atom stereocenters. The number of hydrogen-bond donors (Lipinski definition) is 2. The maximum absolute atomic E-state index is 12.5. The summed E-state index contributed by atoms with van der Waals surface area (Å²) < 4.78 is 28.4. The molecule has 1 aliphatic heterocycles. The molecule has 1 saturated heterocycles. The average molecular weight is 1010 g/mol. The predicted octanol–water partition coefficient (Wildman–Crippen LogP) is 11.1. The van der Waals surface area contributed by atoms with Gasteiger partial charge in [-0.25, -0.2) is 14.4 Å².